The maximum atomic E-state index is 6.32. The molecule has 1 aromatic carbocycles. The molecule has 1 aromatic rings. The van der Waals surface area contributed by atoms with E-state index in [2.05, 4.69) is 15.2 Å². The van der Waals surface area contributed by atoms with Crippen LogP contribution in [-0.2, 0) is 15.9 Å². The maximum Gasteiger partial charge on any atom is 0.193 e. The zero-order valence-electron chi connectivity index (χ0n) is 16.7. The molecule has 0 spiro atoms. The predicted molar refractivity (Wildman–Crippen MR) is 110 cm³/mol. The van der Waals surface area contributed by atoms with Crippen LogP contribution in [-0.4, -0.2) is 77.7 Å². The van der Waals surface area contributed by atoms with Crippen molar-refractivity contribution in [3.63, 3.8) is 0 Å². The van der Waals surface area contributed by atoms with Gasteiger partial charge >= 0.3 is 0 Å². The van der Waals surface area contributed by atoms with E-state index in [1.54, 1.807) is 7.11 Å². The average Bonchev–Trinajstić information content (AvgIpc) is 3.17. The van der Waals surface area contributed by atoms with E-state index < -0.39 is 0 Å². The van der Waals surface area contributed by atoms with Gasteiger partial charge in [0.25, 0.3) is 0 Å². The summed E-state index contributed by atoms with van der Waals surface area (Å²) in [6.07, 6.45) is 1.94. The predicted octanol–water partition coefficient (Wildman–Crippen LogP) is 2.21. The van der Waals surface area contributed by atoms with Crippen LogP contribution in [0, 0.1) is 5.92 Å². The second-order valence-electron chi connectivity index (χ2n) is 6.99. The molecule has 0 radical (unpaired) electrons. The number of rotatable bonds is 8. The van der Waals surface area contributed by atoms with Crippen molar-refractivity contribution < 1.29 is 18.9 Å². The summed E-state index contributed by atoms with van der Waals surface area (Å²) in [5.41, 5.74) is 1.11. The van der Waals surface area contributed by atoms with Gasteiger partial charge in [0, 0.05) is 39.7 Å². The number of benzene rings is 1. The summed E-state index contributed by atoms with van der Waals surface area (Å²) in [5, 5.41) is 4.06. The molecule has 156 valence electrons. The highest BCUT2D eigenvalue weighted by atomic mass is 35.5. The molecule has 2 aliphatic rings. The van der Waals surface area contributed by atoms with Crippen LogP contribution < -0.4 is 14.8 Å². The Kier molecular flexibility index (Phi) is 8.06. The molecule has 3 rings (SSSR count). The fourth-order valence-corrected chi connectivity index (χ4v) is 3.80. The molecular weight excluding hydrogens is 382 g/mol. The first kappa shape index (κ1) is 21.0. The molecule has 1 fully saturated rings. The molecule has 1 atom stereocenters. The second-order valence-corrected chi connectivity index (χ2v) is 7.40. The number of halogens is 1. The number of hydrogen-bond acceptors (Lipinski definition) is 5. The molecule has 2 aliphatic heterocycles. The second kappa shape index (κ2) is 10.7. The van der Waals surface area contributed by atoms with Gasteiger partial charge in [0.15, 0.2) is 17.5 Å². The number of aliphatic imine (C=N–C) groups is 1. The van der Waals surface area contributed by atoms with E-state index >= 15 is 0 Å². The molecule has 28 heavy (non-hydrogen) atoms. The van der Waals surface area contributed by atoms with E-state index in [-0.39, 0.29) is 0 Å². The standard InChI is InChI=1S/C20H30ClN3O4/c1-22-20(24-6-4-16(13-24)14-26-8-7-25-2)23-5-3-15-11-17(21)19-18(12-15)27-9-10-28-19/h11-12,16H,3-10,13-14H2,1-2H3,(H,22,23). The number of nitrogens with zero attached hydrogens (tertiary/aromatic N) is 2. The van der Waals surface area contributed by atoms with Crippen LogP contribution in [0.2, 0.25) is 5.02 Å². The minimum Gasteiger partial charge on any atom is -0.486 e. The third-order valence-corrected chi connectivity index (χ3v) is 5.22. The van der Waals surface area contributed by atoms with E-state index in [1.165, 1.54) is 0 Å². The number of guanidine groups is 1. The molecule has 0 aliphatic carbocycles. The third-order valence-electron chi connectivity index (χ3n) is 4.94. The quantitative estimate of drug-likeness (QED) is 0.402. The third kappa shape index (κ3) is 5.65. The molecule has 0 saturated carbocycles. The average molecular weight is 412 g/mol. The van der Waals surface area contributed by atoms with Crippen LogP contribution in [0.25, 0.3) is 0 Å². The van der Waals surface area contributed by atoms with Gasteiger partial charge in [0.1, 0.15) is 13.2 Å². The molecule has 0 aromatic heterocycles. The number of nitrogens with one attached hydrogen (secondary N) is 1. The fraction of sp³-hybridized carbons (Fsp3) is 0.650. The Balaban J connectivity index is 1.44. The molecule has 1 saturated heterocycles. The zero-order chi connectivity index (χ0) is 19.8. The van der Waals surface area contributed by atoms with Crippen LogP contribution in [0.3, 0.4) is 0 Å². The van der Waals surface area contributed by atoms with Crippen molar-refractivity contribution >= 4 is 17.6 Å². The van der Waals surface area contributed by atoms with Gasteiger partial charge in [-0.2, -0.15) is 0 Å². The Morgan fingerprint density at radius 2 is 2.18 bits per heavy atom. The summed E-state index contributed by atoms with van der Waals surface area (Å²) in [6.45, 7) is 5.89. The molecule has 1 unspecified atom stereocenters. The molecule has 0 bridgehead atoms. The lowest BCUT2D eigenvalue weighted by Gasteiger charge is -2.22. The van der Waals surface area contributed by atoms with Crippen molar-refractivity contribution in [2.45, 2.75) is 12.8 Å². The van der Waals surface area contributed by atoms with Crippen LogP contribution in [0.5, 0.6) is 11.5 Å². The van der Waals surface area contributed by atoms with E-state index in [4.69, 9.17) is 30.5 Å². The smallest absolute Gasteiger partial charge is 0.193 e. The van der Waals surface area contributed by atoms with Crippen molar-refractivity contribution in [2.75, 3.05) is 66.8 Å². The van der Waals surface area contributed by atoms with Crippen molar-refractivity contribution in [2.24, 2.45) is 10.9 Å². The maximum absolute atomic E-state index is 6.32. The van der Waals surface area contributed by atoms with Gasteiger partial charge < -0.3 is 29.2 Å². The largest absolute Gasteiger partial charge is 0.486 e. The summed E-state index contributed by atoms with van der Waals surface area (Å²) in [5.74, 6) is 2.85. The van der Waals surface area contributed by atoms with Crippen molar-refractivity contribution in [1.82, 2.24) is 10.2 Å². The number of methoxy groups -OCH3 is 1. The Hall–Kier alpha value is -1.70. The summed E-state index contributed by atoms with van der Waals surface area (Å²) in [4.78, 5) is 6.73. The lowest BCUT2D eigenvalue weighted by molar-refractivity contribution is 0.0536. The van der Waals surface area contributed by atoms with Crippen LogP contribution in [0.4, 0.5) is 0 Å². The zero-order valence-corrected chi connectivity index (χ0v) is 17.5. The number of fused-ring (bicyclic) bond motifs is 1. The van der Waals surface area contributed by atoms with Crippen LogP contribution in [0.15, 0.2) is 17.1 Å². The highest BCUT2D eigenvalue weighted by Gasteiger charge is 2.25. The van der Waals surface area contributed by atoms with Gasteiger partial charge in [-0.05, 0) is 30.5 Å². The summed E-state index contributed by atoms with van der Waals surface area (Å²) in [7, 11) is 3.51. The van der Waals surface area contributed by atoms with Gasteiger partial charge in [0.2, 0.25) is 0 Å². The van der Waals surface area contributed by atoms with Crippen molar-refractivity contribution in [1.29, 1.82) is 0 Å². The normalized spacial score (nSPS) is 19.2. The lowest BCUT2D eigenvalue weighted by Crippen LogP contribution is -2.41. The van der Waals surface area contributed by atoms with E-state index in [0.717, 1.165) is 56.4 Å². The van der Waals surface area contributed by atoms with E-state index in [0.29, 0.717) is 43.1 Å². The monoisotopic (exact) mass is 411 g/mol. The van der Waals surface area contributed by atoms with Gasteiger partial charge in [-0.1, -0.05) is 11.6 Å². The Bertz CT molecular complexity index is 671. The Morgan fingerprint density at radius 3 is 3.00 bits per heavy atom. The van der Waals surface area contributed by atoms with Gasteiger partial charge in [-0.3, -0.25) is 4.99 Å². The van der Waals surface area contributed by atoms with Gasteiger partial charge in [-0.15, -0.1) is 0 Å². The Labute approximate surface area is 171 Å². The summed E-state index contributed by atoms with van der Waals surface area (Å²) < 4.78 is 21.9. The van der Waals surface area contributed by atoms with Crippen molar-refractivity contribution in [3.8, 4) is 11.5 Å². The number of ether oxygens (including phenoxy) is 4. The first-order chi connectivity index (χ1) is 13.7. The first-order valence-electron chi connectivity index (χ1n) is 9.81. The highest BCUT2D eigenvalue weighted by Crippen LogP contribution is 2.38. The van der Waals surface area contributed by atoms with Gasteiger partial charge in [-0.25, -0.2) is 0 Å². The van der Waals surface area contributed by atoms with E-state index in [1.807, 2.05) is 19.2 Å². The van der Waals surface area contributed by atoms with Crippen molar-refractivity contribution in [3.05, 3.63) is 22.7 Å². The molecule has 1 N–H and O–H groups in total. The number of likely N-dealkylation sites (tertiary alicyclic amines) is 1. The topological polar surface area (TPSA) is 64.6 Å². The van der Waals surface area contributed by atoms with Gasteiger partial charge in [0.05, 0.1) is 24.8 Å². The number of hydrogen-bond donors (Lipinski definition) is 1. The first-order valence-corrected chi connectivity index (χ1v) is 10.2. The molecule has 2 heterocycles. The molecule has 7 nitrogen and oxygen atoms in total. The molecule has 0 amide bonds. The molecule has 8 heteroatoms. The fourth-order valence-electron chi connectivity index (χ4n) is 3.51. The Morgan fingerprint density at radius 1 is 1.32 bits per heavy atom. The summed E-state index contributed by atoms with van der Waals surface area (Å²) >= 11 is 6.32. The van der Waals surface area contributed by atoms with E-state index in [9.17, 15) is 0 Å². The minimum absolute atomic E-state index is 0.534. The highest BCUT2D eigenvalue weighted by molar-refractivity contribution is 6.32. The minimum atomic E-state index is 0.534. The molecular formula is C20H30ClN3O4. The lowest BCUT2D eigenvalue weighted by atomic mass is 10.1. The van der Waals surface area contributed by atoms with Crippen LogP contribution >= 0.6 is 11.6 Å². The summed E-state index contributed by atoms with van der Waals surface area (Å²) in [6, 6.07) is 3.96. The SMILES string of the molecule is CN=C(NCCc1cc(Cl)c2c(c1)OCCO2)N1CCC(COCCOC)C1. The van der Waals surface area contributed by atoms with Crippen LogP contribution in [0.1, 0.15) is 12.0 Å².